The van der Waals surface area contributed by atoms with E-state index >= 15 is 0 Å². The summed E-state index contributed by atoms with van der Waals surface area (Å²) in [6.45, 7) is 6.04. The highest BCUT2D eigenvalue weighted by atomic mass is 16.5. The molecule has 2 aromatic rings. The smallest absolute Gasteiger partial charge is 0.128 e. The average molecular weight is 298 g/mol. The van der Waals surface area contributed by atoms with Crippen molar-refractivity contribution in [3.8, 4) is 17.0 Å². The quantitative estimate of drug-likeness (QED) is 0.937. The highest BCUT2D eigenvalue weighted by Crippen LogP contribution is 2.30. The molecule has 0 unspecified atom stereocenters. The zero-order valence-corrected chi connectivity index (χ0v) is 13.2. The highest BCUT2D eigenvalue weighted by molar-refractivity contribution is 5.75. The molecule has 5 heteroatoms. The molecule has 1 aliphatic heterocycles. The third-order valence-corrected chi connectivity index (χ3v) is 3.96. The van der Waals surface area contributed by atoms with Gasteiger partial charge in [-0.25, -0.2) is 9.97 Å². The first-order valence-corrected chi connectivity index (χ1v) is 7.78. The van der Waals surface area contributed by atoms with Gasteiger partial charge in [-0.1, -0.05) is 6.92 Å². The lowest BCUT2D eigenvalue weighted by molar-refractivity contribution is 0.415. The number of rotatable bonds is 4. The number of nitrogens with zero attached hydrogens (tertiary/aromatic N) is 3. The molecule has 5 nitrogen and oxygen atoms in total. The summed E-state index contributed by atoms with van der Waals surface area (Å²) >= 11 is 0. The number of benzene rings is 1. The van der Waals surface area contributed by atoms with E-state index in [1.807, 2.05) is 18.3 Å². The van der Waals surface area contributed by atoms with Crippen molar-refractivity contribution < 1.29 is 4.74 Å². The molecule has 0 radical (unpaired) electrons. The van der Waals surface area contributed by atoms with Crippen molar-refractivity contribution in [2.45, 2.75) is 13.3 Å². The van der Waals surface area contributed by atoms with E-state index in [9.17, 15) is 0 Å². The largest absolute Gasteiger partial charge is 0.497 e. The second kappa shape index (κ2) is 6.75. The molecule has 0 saturated carbocycles. The summed E-state index contributed by atoms with van der Waals surface area (Å²) in [5.74, 6) is 1.74. The molecule has 0 spiro atoms. The fourth-order valence-corrected chi connectivity index (χ4v) is 2.68. The summed E-state index contributed by atoms with van der Waals surface area (Å²) in [5, 5.41) is 3.38. The Kier molecular flexibility index (Phi) is 4.53. The Hall–Kier alpha value is -2.14. The summed E-state index contributed by atoms with van der Waals surface area (Å²) in [4.78, 5) is 11.6. The molecule has 116 valence electrons. The first-order chi connectivity index (χ1) is 10.8. The monoisotopic (exact) mass is 298 g/mol. The van der Waals surface area contributed by atoms with Gasteiger partial charge in [0.2, 0.25) is 0 Å². The van der Waals surface area contributed by atoms with Gasteiger partial charge in [0, 0.05) is 38.2 Å². The van der Waals surface area contributed by atoms with Crippen LogP contribution in [0.5, 0.6) is 5.75 Å². The Bertz CT molecular complexity index is 621. The Balaban J connectivity index is 2.01. The van der Waals surface area contributed by atoms with Crippen LogP contribution in [0.4, 0.5) is 5.69 Å². The number of hydrogen-bond acceptors (Lipinski definition) is 5. The number of ether oxygens (including phenoxy) is 1. The standard InChI is InChI=1S/C17H22N4O/c1-3-16-19-12-15(21-10-8-18-9-11-21)17(20-16)13-4-6-14(22-2)7-5-13/h4-7,12,18H,3,8-11H2,1-2H3. The summed E-state index contributed by atoms with van der Waals surface area (Å²) in [7, 11) is 1.68. The van der Waals surface area contributed by atoms with E-state index in [4.69, 9.17) is 9.72 Å². The lowest BCUT2D eigenvalue weighted by Crippen LogP contribution is -2.43. The van der Waals surface area contributed by atoms with Crippen LogP contribution in [0.15, 0.2) is 30.5 Å². The molecule has 1 fully saturated rings. The number of hydrogen-bond donors (Lipinski definition) is 1. The Morgan fingerprint density at radius 3 is 2.55 bits per heavy atom. The fraction of sp³-hybridized carbons (Fsp3) is 0.412. The average Bonchev–Trinajstić information content (AvgIpc) is 2.62. The zero-order valence-electron chi connectivity index (χ0n) is 13.2. The predicted molar refractivity (Wildman–Crippen MR) is 88.5 cm³/mol. The van der Waals surface area contributed by atoms with Crippen molar-refractivity contribution in [1.29, 1.82) is 0 Å². The predicted octanol–water partition coefficient (Wildman–Crippen LogP) is 2.12. The van der Waals surface area contributed by atoms with Gasteiger partial charge in [-0.3, -0.25) is 0 Å². The first-order valence-electron chi connectivity index (χ1n) is 7.78. The van der Waals surface area contributed by atoms with Crippen molar-refractivity contribution >= 4 is 5.69 Å². The van der Waals surface area contributed by atoms with Crippen LogP contribution in [0.2, 0.25) is 0 Å². The minimum atomic E-state index is 0.838. The van der Waals surface area contributed by atoms with E-state index in [1.54, 1.807) is 7.11 Å². The number of anilines is 1. The molecule has 1 aromatic heterocycles. The molecule has 1 saturated heterocycles. The van der Waals surface area contributed by atoms with E-state index in [-0.39, 0.29) is 0 Å². The van der Waals surface area contributed by atoms with Gasteiger partial charge in [0.15, 0.2) is 0 Å². The fourth-order valence-electron chi connectivity index (χ4n) is 2.68. The van der Waals surface area contributed by atoms with Crippen LogP contribution in [0, 0.1) is 0 Å². The van der Waals surface area contributed by atoms with Crippen LogP contribution >= 0.6 is 0 Å². The van der Waals surface area contributed by atoms with Gasteiger partial charge in [-0.15, -0.1) is 0 Å². The maximum atomic E-state index is 5.25. The summed E-state index contributed by atoms with van der Waals surface area (Å²) < 4.78 is 5.25. The number of aryl methyl sites for hydroxylation is 1. The molecular formula is C17H22N4O. The second-order valence-electron chi connectivity index (χ2n) is 5.34. The van der Waals surface area contributed by atoms with Gasteiger partial charge in [0.05, 0.1) is 24.7 Å². The molecule has 0 bridgehead atoms. The van der Waals surface area contributed by atoms with Crippen molar-refractivity contribution in [3.05, 3.63) is 36.3 Å². The number of nitrogens with one attached hydrogen (secondary N) is 1. The summed E-state index contributed by atoms with van der Waals surface area (Å²) in [5.41, 5.74) is 3.23. The van der Waals surface area contributed by atoms with Crippen LogP contribution in [-0.2, 0) is 6.42 Å². The van der Waals surface area contributed by atoms with Gasteiger partial charge >= 0.3 is 0 Å². The SMILES string of the molecule is CCc1ncc(N2CCNCC2)c(-c2ccc(OC)cc2)n1. The topological polar surface area (TPSA) is 50.3 Å². The molecule has 2 heterocycles. The van der Waals surface area contributed by atoms with E-state index < -0.39 is 0 Å². The molecular weight excluding hydrogens is 276 g/mol. The molecule has 1 aromatic carbocycles. The van der Waals surface area contributed by atoms with Gasteiger partial charge in [0.1, 0.15) is 11.6 Å². The lowest BCUT2D eigenvalue weighted by atomic mass is 10.1. The number of aromatic nitrogens is 2. The molecule has 1 N–H and O–H groups in total. The lowest BCUT2D eigenvalue weighted by Gasteiger charge is -2.30. The third kappa shape index (κ3) is 3.04. The zero-order chi connectivity index (χ0) is 15.4. The minimum absolute atomic E-state index is 0.838. The first kappa shape index (κ1) is 14.8. The van der Waals surface area contributed by atoms with Gasteiger partial charge in [0.25, 0.3) is 0 Å². The van der Waals surface area contributed by atoms with Gasteiger partial charge < -0.3 is 15.0 Å². The second-order valence-corrected chi connectivity index (χ2v) is 5.34. The van der Waals surface area contributed by atoms with Crippen LogP contribution < -0.4 is 15.0 Å². The summed E-state index contributed by atoms with van der Waals surface area (Å²) in [6, 6.07) is 8.08. The van der Waals surface area contributed by atoms with Crippen LogP contribution in [0.25, 0.3) is 11.3 Å². The van der Waals surface area contributed by atoms with E-state index in [2.05, 4.69) is 34.3 Å². The van der Waals surface area contributed by atoms with E-state index in [0.717, 1.165) is 61.1 Å². The normalized spacial score (nSPS) is 14.9. The Labute approximate surface area is 131 Å². The van der Waals surface area contributed by atoms with Crippen LogP contribution in [0.3, 0.4) is 0 Å². The molecule has 0 amide bonds. The van der Waals surface area contributed by atoms with Crippen LogP contribution in [-0.4, -0.2) is 43.3 Å². The third-order valence-electron chi connectivity index (χ3n) is 3.96. The Morgan fingerprint density at radius 2 is 1.91 bits per heavy atom. The highest BCUT2D eigenvalue weighted by Gasteiger charge is 2.17. The van der Waals surface area contributed by atoms with Crippen molar-refractivity contribution in [2.24, 2.45) is 0 Å². The maximum Gasteiger partial charge on any atom is 0.128 e. The minimum Gasteiger partial charge on any atom is -0.497 e. The van der Waals surface area contributed by atoms with Crippen molar-refractivity contribution in [3.63, 3.8) is 0 Å². The number of methoxy groups -OCH3 is 1. The van der Waals surface area contributed by atoms with E-state index in [0.29, 0.717) is 0 Å². The summed E-state index contributed by atoms with van der Waals surface area (Å²) in [6.07, 6.45) is 2.81. The number of piperazine rings is 1. The van der Waals surface area contributed by atoms with Gasteiger partial charge in [-0.05, 0) is 24.3 Å². The van der Waals surface area contributed by atoms with Crippen molar-refractivity contribution in [2.75, 3.05) is 38.2 Å². The van der Waals surface area contributed by atoms with Crippen LogP contribution in [0.1, 0.15) is 12.7 Å². The maximum absolute atomic E-state index is 5.25. The van der Waals surface area contributed by atoms with E-state index in [1.165, 1.54) is 0 Å². The molecule has 1 aliphatic rings. The van der Waals surface area contributed by atoms with Crippen molar-refractivity contribution in [1.82, 2.24) is 15.3 Å². The molecule has 0 atom stereocenters. The molecule has 22 heavy (non-hydrogen) atoms. The molecule has 3 rings (SSSR count). The molecule has 0 aliphatic carbocycles. The van der Waals surface area contributed by atoms with Gasteiger partial charge in [-0.2, -0.15) is 0 Å². The Morgan fingerprint density at radius 1 is 1.18 bits per heavy atom.